The molecule has 2 aromatic heterocycles. The molecule has 28 heavy (non-hydrogen) atoms. The molecule has 1 atom stereocenters. The molecule has 6 heteroatoms. The molecule has 1 aromatic carbocycles. The van der Waals surface area contributed by atoms with E-state index in [2.05, 4.69) is 4.98 Å². The maximum atomic E-state index is 13.1. The van der Waals surface area contributed by atoms with E-state index in [0.717, 1.165) is 5.56 Å². The lowest BCUT2D eigenvalue weighted by atomic mass is 9.93. The Balaban J connectivity index is 1.88. The van der Waals surface area contributed by atoms with E-state index >= 15 is 0 Å². The Hall–Kier alpha value is -3.15. The maximum absolute atomic E-state index is 13.1. The van der Waals surface area contributed by atoms with E-state index in [9.17, 15) is 9.59 Å². The number of carbonyl (C=O) groups is 2. The highest BCUT2D eigenvalue weighted by atomic mass is 16.5. The molecular formula is C22H24N2O4. The number of ether oxygens (including phenoxy) is 2. The molecule has 0 radical (unpaired) electrons. The van der Waals surface area contributed by atoms with Gasteiger partial charge in [-0.1, -0.05) is 19.1 Å². The van der Waals surface area contributed by atoms with Crippen molar-refractivity contribution in [3.63, 3.8) is 0 Å². The third kappa shape index (κ3) is 3.76. The molecule has 0 aliphatic rings. The molecule has 6 nitrogen and oxygen atoms in total. The van der Waals surface area contributed by atoms with Gasteiger partial charge in [0.25, 0.3) is 0 Å². The number of aryl methyl sites for hydroxylation is 1. The van der Waals surface area contributed by atoms with Gasteiger partial charge < -0.3 is 9.47 Å². The molecule has 0 unspecified atom stereocenters. The third-order valence-corrected chi connectivity index (χ3v) is 4.72. The Morgan fingerprint density at radius 1 is 1.21 bits per heavy atom. The van der Waals surface area contributed by atoms with Gasteiger partial charge in [-0.25, -0.2) is 9.78 Å². The van der Waals surface area contributed by atoms with Gasteiger partial charge >= 0.3 is 5.97 Å². The van der Waals surface area contributed by atoms with Crippen LogP contribution in [0.25, 0.3) is 5.65 Å². The Labute approximate surface area is 164 Å². The van der Waals surface area contributed by atoms with Crippen molar-refractivity contribution >= 4 is 17.4 Å². The van der Waals surface area contributed by atoms with Crippen molar-refractivity contribution in [2.75, 3.05) is 13.7 Å². The number of hydrogen-bond acceptors (Lipinski definition) is 5. The van der Waals surface area contributed by atoms with Gasteiger partial charge in [-0.3, -0.25) is 9.20 Å². The number of carbonyl (C=O) groups excluding carboxylic acids is 2. The molecule has 0 fully saturated rings. The van der Waals surface area contributed by atoms with Crippen molar-refractivity contribution in [2.24, 2.45) is 0 Å². The van der Waals surface area contributed by atoms with Crippen LogP contribution in [0.2, 0.25) is 0 Å². The van der Waals surface area contributed by atoms with Crippen LogP contribution in [-0.2, 0) is 4.74 Å². The minimum absolute atomic E-state index is 0.00498. The molecule has 3 aromatic rings. The van der Waals surface area contributed by atoms with E-state index in [0.29, 0.717) is 41.4 Å². The van der Waals surface area contributed by atoms with Crippen molar-refractivity contribution in [1.82, 2.24) is 9.38 Å². The minimum atomic E-state index is -0.388. The highest BCUT2D eigenvalue weighted by Crippen LogP contribution is 2.26. The monoisotopic (exact) mass is 380 g/mol. The summed E-state index contributed by atoms with van der Waals surface area (Å²) in [6.45, 7) is 6.24. The lowest BCUT2D eigenvalue weighted by Gasteiger charge is -2.13. The fraction of sp³-hybridized carbons (Fsp3) is 0.318. The molecule has 0 saturated carbocycles. The highest BCUT2D eigenvalue weighted by molar-refractivity contribution is 5.97. The van der Waals surface area contributed by atoms with Gasteiger partial charge in [0.2, 0.25) is 0 Å². The van der Waals surface area contributed by atoms with Crippen LogP contribution >= 0.6 is 0 Å². The van der Waals surface area contributed by atoms with E-state index < -0.39 is 0 Å². The second kappa shape index (κ2) is 8.25. The third-order valence-electron chi connectivity index (χ3n) is 4.72. The lowest BCUT2D eigenvalue weighted by Crippen LogP contribution is -2.10. The van der Waals surface area contributed by atoms with Gasteiger partial charge in [0.1, 0.15) is 5.69 Å². The normalized spacial score (nSPS) is 12.0. The number of aromatic nitrogens is 2. The molecule has 0 N–H and O–H groups in total. The Morgan fingerprint density at radius 2 is 2.00 bits per heavy atom. The average molecular weight is 380 g/mol. The summed E-state index contributed by atoms with van der Waals surface area (Å²) in [7, 11) is 1.35. The van der Waals surface area contributed by atoms with Crippen LogP contribution in [-0.4, -0.2) is 34.9 Å². The van der Waals surface area contributed by atoms with Crippen molar-refractivity contribution in [2.45, 2.75) is 33.1 Å². The zero-order valence-electron chi connectivity index (χ0n) is 16.6. The second-order valence-electron chi connectivity index (χ2n) is 6.69. The number of fused-ring (bicyclic) bond motifs is 1. The molecule has 0 amide bonds. The van der Waals surface area contributed by atoms with Crippen LogP contribution in [0.15, 0.2) is 42.6 Å². The van der Waals surface area contributed by atoms with Gasteiger partial charge in [0.15, 0.2) is 17.2 Å². The minimum Gasteiger partial charge on any atom is -0.490 e. The number of rotatable bonds is 7. The number of ketones is 1. The van der Waals surface area contributed by atoms with Gasteiger partial charge in [-0.05, 0) is 49.6 Å². The molecule has 0 saturated heterocycles. The van der Waals surface area contributed by atoms with Crippen molar-refractivity contribution in [3.8, 4) is 5.75 Å². The van der Waals surface area contributed by atoms with E-state index in [1.807, 2.05) is 45.2 Å². The number of pyridine rings is 1. The van der Waals surface area contributed by atoms with Crippen LogP contribution in [0.5, 0.6) is 5.75 Å². The largest absolute Gasteiger partial charge is 0.490 e. The molecule has 0 bridgehead atoms. The molecule has 3 rings (SSSR count). The average Bonchev–Trinajstić information content (AvgIpc) is 3.04. The number of nitrogens with zero attached hydrogens (tertiary/aromatic N) is 2. The molecule has 0 aliphatic heterocycles. The van der Waals surface area contributed by atoms with Crippen LogP contribution in [0, 0.1) is 6.92 Å². The van der Waals surface area contributed by atoms with E-state index in [1.54, 1.807) is 22.6 Å². The quantitative estimate of drug-likeness (QED) is 0.454. The predicted octanol–water partition coefficient (Wildman–Crippen LogP) is 4.20. The van der Waals surface area contributed by atoms with Crippen LogP contribution in [0.1, 0.15) is 58.3 Å². The summed E-state index contributed by atoms with van der Waals surface area (Å²) < 4.78 is 12.2. The summed E-state index contributed by atoms with van der Waals surface area (Å²) >= 11 is 0. The first-order valence-corrected chi connectivity index (χ1v) is 9.28. The zero-order chi connectivity index (χ0) is 20.3. The van der Waals surface area contributed by atoms with Gasteiger partial charge in [0.05, 0.1) is 25.0 Å². The fourth-order valence-electron chi connectivity index (χ4n) is 3.34. The van der Waals surface area contributed by atoms with Gasteiger partial charge in [-0.15, -0.1) is 0 Å². The zero-order valence-corrected chi connectivity index (χ0v) is 16.6. The summed E-state index contributed by atoms with van der Waals surface area (Å²) in [6.07, 6.45) is 2.13. The smallest absolute Gasteiger partial charge is 0.337 e. The fourth-order valence-corrected chi connectivity index (χ4v) is 3.34. The van der Waals surface area contributed by atoms with Crippen LogP contribution in [0.4, 0.5) is 0 Å². The SMILES string of the molecule is CCOc1cccn2c(C(=O)C[C@@H](C)c3cccc(C(=O)OC)c3)c(C)nc12. The van der Waals surface area contributed by atoms with E-state index in [1.165, 1.54) is 7.11 Å². The van der Waals surface area contributed by atoms with E-state index in [-0.39, 0.29) is 17.7 Å². The number of imidazole rings is 1. The van der Waals surface area contributed by atoms with Crippen molar-refractivity contribution in [3.05, 3.63) is 65.1 Å². The number of Topliss-reactive ketones (excluding diaryl/α,β-unsaturated/α-hetero) is 1. The summed E-state index contributed by atoms with van der Waals surface area (Å²) in [5.41, 5.74) is 3.27. The first-order valence-electron chi connectivity index (χ1n) is 9.28. The van der Waals surface area contributed by atoms with E-state index in [4.69, 9.17) is 9.47 Å². The summed E-state index contributed by atoms with van der Waals surface area (Å²) in [4.78, 5) is 29.4. The second-order valence-corrected chi connectivity index (χ2v) is 6.69. The molecule has 0 aliphatic carbocycles. The number of hydrogen-bond donors (Lipinski definition) is 0. The Kier molecular flexibility index (Phi) is 5.78. The number of benzene rings is 1. The summed E-state index contributed by atoms with van der Waals surface area (Å²) in [6, 6.07) is 10.9. The van der Waals surface area contributed by atoms with Crippen LogP contribution in [0.3, 0.4) is 0 Å². The molecular weight excluding hydrogens is 356 g/mol. The number of esters is 1. The maximum Gasteiger partial charge on any atom is 0.337 e. The summed E-state index contributed by atoms with van der Waals surface area (Å²) in [5, 5.41) is 0. The lowest BCUT2D eigenvalue weighted by molar-refractivity contribution is 0.0600. The predicted molar refractivity (Wildman–Crippen MR) is 106 cm³/mol. The highest BCUT2D eigenvalue weighted by Gasteiger charge is 2.21. The standard InChI is InChI=1S/C22H24N2O4/c1-5-28-19-10-7-11-24-20(15(3)23-21(19)24)18(25)12-14(2)16-8-6-9-17(13-16)22(26)27-4/h6-11,13-14H,5,12H2,1-4H3/t14-/m1/s1. The topological polar surface area (TPSA) is 69.9 Å². The van der Waals surface area contributed by atoms with Crippen molar-refractivity contribution in [1.29, 1.82) is 0 Å². The number of methoxy groups -OCH3 is 1. The molecule has 2 heterocycles. The van der Waals surface area contributed by atoms with Gasteiger partial charge in [0, 0.05) is 12.6 Å². The first-order chi connectivity index (χ1) is 13.5. The Bertz CT molecular complexity index is 1020. The first kappa shape index (κ1) is 19.6. The molecule has 146 valence electrons. The molecule has 0 spiro atoms. The van der Waals surface area contributed by atoms with Gasteiger partial charge in [-0.2, -0.15) is 0 Å². The summed E-state index contributed by atoms with van der Waals surface area (Å²) in [5.74, 6) is 0.208. The Morgan fingerprint density at radius 3 is 2.71 bits per heavy atom. The van der Waals surface area contributed by atoms with Crippen LogP contribution < -0.4 is 4.74 Å². The van der Waals surface area contributed by atoms with Crippen molar-refractivity contribution < 1.29 is 19.1 Å².